The lowest BCUT2D eigenvalue weighted by Gasteiger charge is -2.19. The van der Waals surface area contributed by atoms with Gasteiger partial charge >= 0.3 is 6.09 Å². The molecule has 0 saturated carbocycles. The Morgan fingerprint density at radius 1 is 0.935 bits per heavy atom. The lowest BCUT2D eigenvalue weighted by molar-refractivity contribution is 0.0523. The predicted octanol–water partition coefficient (Wildman–Crippen LogP) is 4.45. The maximum absolute atomic E-state index is 12.6. The van der Waals surface area contributed by atoms with Gasteiger partial charge in [-0.3, -0.25) is 9.59 Å². The van der Waals surface area contributed by atoms with Crippen LogP contribution in [0.1, 0.15) is 60.9 Å². The Bertz CT molecular complexity index is 913. The van der Waals surface area contributed by atoms with Gasteiger partial charge in [0.15, 0.2) is 0 Å². The largest absolute Gasteiger partial charge is 0.444 e. The standard InChI is InChI=1S/C24H31N3O4/c1-6-27(7-2)22(29)19-9-8-10-20(15-19)26-21(28)18-13-11-17(12-14-18)16-25-23(30)31-24(3,4)5/h8-15H,6-7,16H2,1-5H3,(H,25,30)(H,26,28). The highest BCUT2D eigenvalue weighted by Gasteiger charge is 2.16. The van der Waals surface area contributed by atoms with Crippen LogP contribution in [0.2, 0.25) is 0 Å². The molecule has 3 amide bonds. The molecular formula is C24H31N3O4. The highest BCUT2D eigenvalue weighted by Crippen LogP contribution is 2.15. The number of rotatable bonds is 7. The highest BCUT2D eigenvalue weighted by molar-refractivity contribution is 6.05. The van der Waals surface area contributed by atoms with Gasteiger partial charge in [0, 0.05) is 36.4 Å². The first-order valence-corrected chi connectivity index (χ1v) is 10.4. The molecule has 0 saturated heterocycles. The number of amides is 3. The van der Waals surface area contributed by atoms with Crippen molar-refractivity contribution in [2.45, 2.75) is 46.8 Å². The summed E-state index contributed by atoms with van der Waals surface area (Å²) in [5.41, 5.74) is 1.85. The van der Waals surface area contributed by atoms with Crippen LogP contribution in [0.4, 0.5) is 10.5 Å². The van der Waals surface area contributed by atoms with Crippen molar-refractivity contribution in [2.24, 2.45) is 0 Å². The molecule has 0 aromatic heterocycles. The summed E-state index contributed by atoms with van der Waals surface area (Å²) in [6, 6.07) is 13.8. The molecule has 0 aliphatic rings. The van der Waals surface area contributed by atoms with Crippen LogP contribution >= 0.6 is 0 Å². The number of hydrogen-bond donors (Lipinski definition) is 2. The van der Waals surface area contributed by atoms with Crippen LogP contribution in [0, 0.1) is 0 Å². The number of carbonyl (C=O) groups excluding carboxylic acids is 3. The van der Waals surface area contributed by atoms with Gasteiger partial charge in [-0.25, -0.2) is 4.79 Å². The molecule has 31 heavy (non-hydrogen) atoms. The minimum atomic E-state index is -0.556. The summed E-state index contributed by atoms with van der Waals surface area (Å²) >= 11 is 0. The van der Waals surface area contributed by atoms with Crippen LogP contribution in [0.25, 0.3) is 0 Å². The van der Waals surface area contributed by atoms with Crippen molar-refractivity contribution < 1.29 is 19.1 Å². The number of carbonyl (C=O) groups is 3. The molecular weight excluding hydrogens is 394 g/mol. The molecule has 166 valence electrons. The zero-order valence-electron chi connectivity index (χ0n) is 18.8. The van der Waals surface area contributed by atoms with Gasteiger partial charge in [0.2, 0.25) is 0 Å². The Labute approximate surface area is 183 Å². The lowest BCUT2D eigenvalue weighted by Crippen LogP contribution is -2.32. The van der Waals surface area contributed by atoms with Crippen molar-refractivity contribution in [1.82, 2.24) is 10.2 Å². The maximum atomic E-state index is 12.6. The van der Waals surface area contributed by atoms with Crippen LogP contribution in [-0.4, -0.2) is 41.5 Å². The summed E-state index contributed by atoms with van der Waals surface area (Å²) in [7, 11) is 0. The number of benzene rings is 2. The van der Waals surface area contributed by atoms with Crippen molar-refractivity contribution >= 4 is 23.6 Å². The van der Waals surface area contributed by atoms with E-state index < -0.39 is 11.7 Å². The van der Waals surface area contributed by atoms with E-state index in [0.29, 0.717) is 36.4 Å². The second-order valence-electron chi connectivity index (χ2n) is 8.06. The molecule has 7 nitrogen and oxygen atoms in total. The molecule has 7 heteroatoms. The average molecular weight is 426 g/mol. The Morgan fingerprint density at radius 3 is 2.16 bits per heavy atom. The molecule has 0 unspecified atom stereocenters. The fourth-order valence-electron chi connectivity index (χ4n) is 2.89. The second kappa shape index (κ2) is 10.6. The summed E-state index contributed by atoms with van der Waals surface area (Å²) in [6.45, 7) is 10.8. The molecule has 0 spiro atoms. The van der Waals surface area contributed by atoms with E-state index in [0.717, 1.165) is 5.56 Å². The van der Waals surface area contributed by atoms with Crippen molar-refractivity contribution in [3.8, 4) is 0 Å². The van der Waals surface area contributed by atoms with E-state index in [9.17, 15) is 14.4 Å². The molecule has 0 aliphatic heterocycles. The van der Waals surface area contributed by atoms with Crippen molar-refractivity contribution in [1.29, 1.82) is 0 Å². The molecule has 2 aromatic rings. The fraction of sp³-hybridized carbons (Fsp3) is 0.375. The summed E-state index contributed by atoms with van der Waals surface area (Å²) in [5, 5.41) is 5.51. The number of alkyl carbamates (subject to hydrolysis) is 1. The number of hydrogen-bond acceptors (Lipinski definition) is 4. The Kier molecular flexibility index (Phi) is 8.19. The van der Waals surface area contributed by atoms with E-state index in [1.54, 1.807) is 74.2 Å². The third kappa shape index (κ3) is 7.44. The maximum Gasteiger partial charge on any atom is 0.407 e. The first-order chi connectivity index (χ1) is 14.6. The van der Waals surface area contributed by atoms with Gasteiger partial charge in [-0.15, -0.1) is 0 Å². The van der Waals surface area contributed by atoms with Crippen LogP contribution in [0.15, 0.2) is 48.5 Å². The topological polar surface area (TPSA) is 87.7 Å². The van der Waals surface area contributed by atoms with Gasteiger partial charge in [-0.05, 0) is 70.5 Å². The molecule has 0 fully saturated rings. The zero-order chi connectivity index (χ0) is 23.0. The quantitative estimate of drug-likeness (QED) is 0.686. The van der Waals surface area contributed by atoms with Gasteiger partial charge < -0.3 is 20.3 Å². The number of nitrogens with one attached hydrogen (secondary N) is 2. The Balaban J connectivity index is 1.98. The minimum Gasteiger partial charge on any atom is -0.444 e. The van der Waals surface area contributed by atoms with Gasteiger partial charge in [0.25, 0.3) is 11.8 Å². The number of nitrogens with zero attached hydrogens (tertiary/aromatic N) is 1. The van der Waals surface area contributed by atoms with E-state index in [-0.39, 0.29) is 11.8 Å². The zero-order valence-corrected chi connectivity index (χ0v) is 18.8. The normalized spacial score (nSPS) is 10.9. The van der Waals surface area contributed by atoms with E-state index in [1.807, 2.05) is 13.8 Å². The first-order valence-electron chi connectivity index (χ1n) is 10.4. The summed E-state index contributed by atoms with van der Waals surface area (Å²) in [4.78, 5) is 38.6. The second-order valence-corrected chi connectivity index (χ2v) is 8.06. The molecule has 2 N–H and O–H groups in total. The molecule has 0 heterocycles. The van der Waals surface area contributed by atoms with Gasteiger partial charge in [-0.2, -0.15) is 0 Å². The molecule has 0 bridgehead atoms. The smallest absolute Gasteiger partial charge is 0.407 e. The van der Waals surface area contributed by atoms with Crippen LogP contribution < -0.4 is 10.6 Å². The Hall–Kier alpha value is -3.35. The summed E-state index contributed by atoms with van der Waals surface area (Å²) in [5.74, 6) is -0.345. The SMILES string of the molecule is CCN(CC)C(=O)c1cccc(NC(=O)c2ccc(CNC(=O)OC(C)(C)C)cc2)c1. The van der Waals surface area contributed by atoms with Crippen molar-refractivity contribution in [3.05, 3.63) is 65.2 Å². The van der Waals surface area contributed by atoms with Crippen LogP contribution in [-0.2, 0) is 11.3 Å². The highest BCUT2D eigenvalue weighted by atomic mass is 16.6. The monoisotopic (exact) mass is 425 g/mol. The lowest BCUT2D eigenvalue weighted by atomic mass is 10.1. The van der Waals surface area contributed by atoms with Crippen LogP contribution in [0.5, 0.6) is 0 Å². The van der Waals surface area contributed by atoms with E-state index in [2.05, 4.69) is 10.6 Å². The van der Waals surface area contributed by atoms with E-state index in [4.69, 9.17) is 4.74 Å². The fourth-order valence-corrected chi connectivity index (χ4v) is 2.89. The molecule has 2 aromatic carbocycles. The van der Waals surface area contributed by atoms with E-state index in [1.165, 1.54) is 0 Å². The first kappa shape index (κ1) is 23.9. The van der Waals surface area contributed by atoms with Gasteiger partial charge in [0.05, 0.1) is 0 Å². The predicted molar refractivity (Wildman–Crippen MR) is 121 cm³/mol. The summed E-state index contributed by atoms with van der Waals surface area (Å²) < 4.78 is 5.20. The van der Waals surface area contributed by atoms with Crippen LogP contribution in [0.3, 0.4) is 0 Å². The third-order valence-electron chi connectivity index (χ3n) is 4.47. The number of anilines is 1. The van der Waals surface area contributed by atoms with Gasteiger partial charge in [-0.1, -0.05) is 18.2 Å². The minimum absolute atomic E-state index is 0.0667. The average Bonchev–Trinajstić information content (AvgIpc) is 2.72. The van der Waals surface area contributed by atoms with Crippen molar-refractivity contribution in [2.75, 3.05) is 18.4 Å². The molecule has 0 aliphatic carbocycles. The Morgan fingerprint density at radius 2 is 1.58 bits per heavy atom. The molecule has 0 atom stereocenters. The number of ether oxygens (including phenoxy) is 1. The molecule has 2 rings (SSSR count). The van der Waals surface area contributed by atoms with Gasteiger partial charge in [0.1, 0.15) is 5.60 Å². The third-order valence-corrected chi connectivity index (χ3v) is 4.47. The van der Waals surface area contributed by atoms with E-state index >= 15 is 0 Å². The summed E-state index contributed by atoms with van der Waals surface area (Å²) in [6.07, 6.45) is -0.492. The molecule has 0 radical (unpaired) electrons. The van der Waals surface area contributed by atoms with Crippen molar-refractivity contribution in [3.63, 3.8) is 0 Å².